The molecule has 2 heterocycles. The van der Waals surface area contributed by atoms with E-state index in [1.165, 1.54) is 100 Å². The lowest BCUT2D eigenvalue weighted by Crippen LogP contribution is -2.32. The Hall–Kier alpha value is -11.4. The van der Waals surface area contributed by atoms with Crippen molar-refractivity contribution in [1.29, 1.82) is 0 Å². The number of oxazole rings is 1. The van der Waals surface area contributed by atoms with Crippen LogP contribution >= 0.6 is 0 Å². The van der Waals surface area contributed by atoms with Gasteiger partial charge in [-0.3, -0.25) is 4.99 Å². The number of aromatic nitrogens is 3. The second kappa shape index (κ2) is 17.9. The molecule has 5 aliphatic carbocycles. The van der Waals surface area contributed by atoms with Crippen LogP contribution in [0.2, 0.25) is 0 Å². The number of fused-ring (bicyclic) bond motifs is 28. The van der Waals surface area contributed by atoms with Crippen LogP contribution in [0.15, 0.2) is 282 Å². The summed E-state index contributed by atoms with van der Waals surface area (Å²) in [6, 6.07) is 100. The summed E-state index contributed by atoms with van der Waals surface area (Å²) in [4.78, 5) is 22.5. The van der Waals surface area contributed by atoms with Gasteiger partial charge in [-0.2, -0.15) is 0 Å². The Balaban J connectivity index is 0.934. The monoisotopic (exact) mass is 1130 g/mol. The summed E-state index contributed by atoms with van der Waals surface area (Å²) in [6.45, 7) is 2.42. The lowest BCUT2D eigenvalue weighted by atomic mass is 9.70. The Kier molecular flexibility index (Phi) is 9.79. The fourth-order valence-electron chi connectivity index (χ4n) is 17.0. The molecule has 0 saturated carbocycles. The van der Waals surface area contributed by atoms with Gasteiger partial charge in [-0.25, -0.2) is 15.0 Å². The van der Waals surface area contributed by atoms with Crippen molar-refractivity contribution in [3.05, 3.63) is 345 Å². The molecule has 13 aromatic carbocycles. The normalized spacial score (nSPS) is 15.4. The first-order valence-corrected chi connectivity index (χ1v) is 30.8. The predicted octanol–water partition coefficient (Wildman–Crippen LogP) is 18.2. The van der Waals surface area contributed by atoms with Gasteiger partial charge in [-0.1, -0.05) is 237 Å². The van der Waals surface area contributed by atoms with Gasteiger partial charge in [0.25, 0.3) is 0 Å². The minimum Gasteiger partial charge on any atom is -0.436 e. The van der Waals surface area contributed by atoms with Crippen LogP contribution in [0.4, 0.5) is 5.69 Å². The molecule has 2 spiro atoms. The van der Waals surface area contributed by atoms with Crippen molar-refractivity contribution in [2.24, 2.45) is 10.9 Å². The molecule has 412 valence electrons. The molecule has 0 N–H and O–H groups in total. The zero-order chi connectivity index (χ0) is 58.3. The highest BCUT2D eigenvalue weighted by atomic mass is 16.3. The van der Waals surface area contributed by atoms with Crippen LogP contribution in [0.3, 0.4) is 0 Å². The number of hydrogen-bond acceptors (Lipinski definition) is 5. The topological polar surface area (TPSA) is 64.2 Å². The second-order valence-corrected chi connectivity index (χ2v) is 24.5. The zero-order valence-electron chi connectivity index (χ0n) is 48.3. The molecule has 0 radical (unpaired) electrons. The van der Waals surface area contributed by atoms with Crippen molar-refractivity contribution >= 4 is 66.7 Å². The number of rotatable bonds is 5. The fourth-order valence-corrected chi connectivity index (χ4v) is 17.0. The van der Waals surface area contributed by atoms with E-state index in [0.717, 1.165) is 82.3 Å². The molecule has 1 atom stereocenters. The van der Waals surface area contributed by atoms with Gasteiger partial charge in [0.15, 0.2) is 5.58 Å². The molecule has 15 aromatic rings. The average molecular weight is 1130 g/mol. The molecule has 5 nitrogen and oxygen atoms in total. The summed E-state index contributed by atoms with van der Waals surface area (Å²) in [5, 5.41) is 5.92. The number of benzene rings is 13. The van der Waals surface area contributed by atoms with E-state index in [1.807, 2.05) is 60.8 Å². The first-order valence-electron chi connectivity index (χ1n) is 30.8. The molecule has 0 unspecified atom stereocenters. The predicted molar refractivity (Wildman–Crippen MR) is 360 cm³/mol. The van der Waals surface area contributed by atoms with E-state index in [4.69, 9.17) is 24.4 Å². The van der Waals surface area contributed by atoms with Gasteiger partial charge >= 0.3 is 0 Å². The minimum atomic E-state index is -0.536. The zero-order valence-corrected chi connectivity index (χ0v) is 48.3. The van der Waals surface area contributed by atoms with Crippen LogP contribution in [0.25, 0.3) is 111 Å². The maximum atomic E-state index is 6.53. The van der Waals surface area contributed by atoms with Gasteiger partial charge in [0.2, 0.25) is 5.89 Å². The first-order chi connectivity index (χ1) is 44.1. The SMILES string of the molecule is C[C@@H]1C(c2cccc3c2-c2ccccc2C32c3ccccc3-c3ccccc32)=c2nc3c4cc(C=Nc5ccccc5)ccc4c4ccc(-c5nc6ccccc6o5)cc4c3nc2=C1c1cccc2c1-c1ccccc1C21c2ccccc2-c2ccccc21. The first kappa shape index (κ1) is 48.8. The van der Waals surface area contributed by atoms with Gasteiger partial charge in [0, 0.05) is 28.5 Å². The third kappa shape index (κ3) is 6.28. The highest BCUT2D eigenvalue weighted by molar-refractivity contribution is 6.24. The Morgan fingerprint density at radius 1 is 0.360 bits per heavy atom. The molecule has 0 aliphatic heterocycles. The van der Waals surface area contributed by atoms with E-state index in [1.54, 1.807) is 0 Å². The Bertz CT molecular complexity index is 5730. The van der Waals surface area contributed by atoms with Crippen LogP contribution in [-0.2, 0) is 10.8 Å². The van der Waals surface area contributed by atoms with Gasteiger partial charge in [0.1, 0.15) is 5.52 Å². The Labute approximate surface area is 512 Å². The van der Waals surface area contributed by atoms with E-state index in [0.29, 0.717) is 5.89 Å². The van der Waals surface area contributed by atoms with Crippen molar-refractivity contribution in [2.75, 3.05) is 0 Å². The standard InChI is InChI=1S/C84H50N4O/c1-48-74(60-29-19-37-70-76(60)58-27-9-15-35-68(58)83(70)64-31-11-5-23-54(64)55-24-6-12-32-65(55)83)80-81(75(48)61-30-20-38-71-77(61)59-28-10-16-36-69(59)84(71)66-33-13-7-25-56(66)57-26-8-14-34-67(57)84)88-79-63-46-50(82-86-72-39-17-18-40-73(72)89-82)42-44-53(63)52-43-41-49(45-62(52)78(79)87-80)47-85-51-21-3-2-4-22-51/h2-48H,1H3/t48-/m1/s1. The van der Waals surface area contributed by atoms with Gasteiger partial charge in [0.05, 0.1) is 38.2 Å². The van der Waals surface area contributed by atoms with E-state index >= 15 is 0 Å². The molecule has 20 rings (SSSR count). The van der Waals surface area contributed by atoms with Crippen molar-refractivity contribution in [2.45, 2.75) is 17.8 Å². The fraction of sp³-hybridized carbons (Fsp3) is 0.0476. The van der Waals surface area contributed by atoms with Gasteiger partial charge in [-0.15, -0.1) is 0 Å². The Morgan fingerprint density at radius 2 is 0.775 bits per heavy atom. The van der Waals surface area contributed by atoms with Crippen LogP contribution < -0.4 is 10.7 Å². The van der Waals surface area contributed by atoms with Crippen LogP contribution in [0.1, 0.15) is 68.1 Å². The van der Waals surface area contributed by atoms with Crippen LogP contribution in [0.5, 0.6) is 0 Å². The summed E-state index contributed by atoms with van der Waals surface area (Å²) in [5.74, 6) is 0.380. The molecule has 5 heteroatoms. The van der Waals surface area contributed by atoms with E-state index < -0.39 is 10.8 Å². The lowest BCUT2D eigenvalue weighted by molar-refractivity contribution is 0.620. The quantitative estimate of drug-likeness (QED) is 0.127. The van der Waals surface area contributed by atoms with Crippen LogP contribution in [0, 0.1) is 5.92 Å². The summed E-state index contributed by atoms with van der Waals surface area (Å²) >= 11 is 0. The molecule has 0 amide bonds. The summed E-state index contributed by atoms with van der Waals surface area (Å²) in [6.07, 6.45) is 1.97. The highest BCUT2D eigenvalue weighted by Crippen LogP contribution is 2.66. The number of nitrogens with zero attached hydrogens (tertiary/aromatic N) is 4. The smallest absolute Gasteiger partial charge is 0.227 e. The van der Waals surface area contributed by atoms with Crippen molar-refractivity contribution in [1.82, 2.24) is 15.0 Å². The molecule has 0 fully saturated rings. The van der Waals surface area contributed by atoms with Crippen molar-refractivity contribution in [3.8, 4) is 56.0 Å². The largest absolute Gasteiger partial charge is 0.436 e. The maximum Gasteiger partial charge on any atom is 0.227 e. The van der Waals surface area contributed by atoms with E-state index in [2.05, 4.69) is 225 Å². The molecular formula is C84H50N4O. The van der Waals surface area contributed by atoms with Crippen molar-refractivity contribution in [3.63, 3.8) is 0 Å². The second-order valence-electron chi connectivity index (χ2n) is 24.5. The van der Waals surface area contributed by atoms with Gasteiger partial charge in [-0.05, 0) is 170 Å². The third-order valence-corrected chi connectivity index (χ3v) is 20.4. The average Bonchev–Trinajstić information content (AvgIpc) is 1.53. The lowest BCUT2D eigenvalue weighted by Gasteiger charge is -2.31. The molecule has 0 bridgehead atoms. The molecule has 5 aliphatic rings. The highest BCUT2D eigenvalue weighted by Gasteiger charge is 2.54. The van der Waals surface area contributed by atoms with Gasteiger partial charge < -0.3 is 4.42 Å². The molecule has 2 aromatic heterocycles. The molecular weight excluding hydrogens is 1080 g/mol. The summed E-state index contributed by atoms with van der Waals surface area (Å²) in [7, 11) is 0. The number of para-hydroxylation sites is 3. The van der Waals surface area contributed by atoms with Crippen LogP contribution in [-0.4, -0.2) is 21.2 Å². The maximum absolute atomic E-state index is 6.53. The third-order valence-electron chi connectivity index (χ3n) is 20.4. The minimum absolute atomic E-state index is 0.181. The number of hydrogen-bond donors (Lipinski definition) is 0. The molecule has 89 heavy (non-hydrogen) atoms. The van der Waals surface area contributed by atoms with E-state index in [9.17, 15) is 0 Å². The van der Waals surface area contributed by atoms with Crippen molar-refractivity contribution < 1.29 is 4.42 Å². The van der Waals surface area contributed by atoms with E-state index in [-0.39, 0.29) is 5.92 Å². The number of aliphatic imine (C=N–C) groups is 1. The summed E-state index contributed by atoms with van der Waals surface area (Å²) in [5.41, 5.74) is 30.1. The summed E-state index contributed by atoms with van der Waals surface area (Å²) < 4.78 is 6.53. The Morgan fingerprint density at radius 3 is 1.29 bits per heavy atom. The molecule has 0 saturated heterocycles.